The maximum atomic E-state index is 12.8. The lowest BCUT2D eigenvalue weighted by Gasteiger charge is -2.03. The molecule has 0 aliphatic carbocycles. The lowest BCUT2D eigenvalue weighted by atomic mass is 10.0. The van der Waals surface area contributed by atoms with Gasteiger partial charge in [0.2, 0.25) is 0 Å². The molecule has 0 aromatic heterocycles. The Morgan fingerprint density at radius 3 is 2.29 bits per heavy atom. The standard InChI is InChI=1S/C9H10FNO.C2H6/c1-5-3-9(11)8(10)4-7(5)6(2)12;1-2/h3-4H,11H2,1-2H3;1-2H3. The minimum absolute atomic E-state index is 0.0810. The third kappa shape index (κ3) is 2.83. The molecule has 1 rings (SSSR count). The minimum atomic E-state index is -0.536. The number of carbonyl (C=O) groups is 1. The van der Waals surface area contributed by atoms with Gasteiger partial charge in [-0.1, -0.05) is 13.8 Å². The molecule has 0 amide bonds. The first kappa shape index (κ1) is 12.6. The number of anilines is 1. The predicted octanol–water partition coefficient (Wildman–Crippen LogP) is 2.95. The van der Waals surface area contributed by atoms with E-state index in [1.165, 1.54) is 19.1 Å². The molecule has 2 N–H and O–H groups in total. The molecule has 1 aromatic carbocycles. The quantitative estimate of drug-likeness (QED) is 0.555. The molecule has 0 atom stereocenters. The maximum Gasteiger partial charge on any atom is 0.160 e. The zero-order valence-corrected chi connectivity index (χ0v) is 9.02. The van der Waals surface area contributed by atoms with Crippen LogP contribution in [0, 0.1) is 12.7 Å². The number of rotatable bonds is 1. The monoisotopic (exact) mass is 197 g/mol. The number of ketones is 1. The van der Waals surface area contributed by atoms with Gasteiger partial charge < -0.3 is 5.73 Å². The van der Waals surface area contributed by atoms with Gasteiger partial charge in [-0.3, -0.25) is 4.79 Å². The van der Waals surface area contributed by atoms with Gasteiger partial charge in [0.25, 0.3) is 0 Å². The van der Waals surface area contributed by atoms with Gasteiger partial charge in [0.1, 0.15) is 5.82 Å². The molecule has 0 spiro atoms. The molecule has 3 heteroatoms. The number of Topliss-reactive ketones (excluding diaryl/α,β-unsaturated/α-hetero) is 1. The van der Waals surface area contributed by atoms with Crippen LogP contribution >= 0.6 is 0 Å². The first-order valence-electron chi connectivity index (χ1n) is 4.59. The second-order valence-electron chi connectivity index (χ2n) is 2.74. The van der Waals surface area contributed by atoms with Gasteiger partial charge in [0.15, 0.2) is 5.78 Å². The van der Waals surface area contributed by atoms with Gasteiger partial charge >= 0.3 is 0 Å². The normalized spacial score (nSPS) is 8.93. The van der Waals surface area contributed by atoms with Crippen LogP contribution in [0.5, 0.6) is 0 Å². The lowest BCUT2D eigenvalue weighted by molar-refractivity contribution is 0.101. The topological polar surface area (TPSA) is 43.1 Å². The van der Waals surface area contributed by atoms with Gasteiger partial charge in [-0.25, -0.2) is 4.39 Å². The zero-order valence-electron chi connectivity index (χ0n) is 9.02. The van der Waals surface area contributed by atoms with E-state index in [0.717, 1.165) is 0 Å². The highest BCUT2D eigenvalue weighted by molar-refractivity contribution is 5.95. The first-order chi connectivity index (χ1) is 6.52. The van der Waals surface area contributed by atoms with Crippen molar-refractivity contribution < 1.29 is 9.18 Å². The number of benzene rings is 1. The average molecular weight is 197 g/mol. The Hall–Kier alpha value is -1.38. The Balaban J connectivity index is 0.000000791. The number of halogens is 1. The van der Waals surface area contributed by atoms with Crippen molar-refractivity contribution >= 4 is 11.5 Å². The first-order valence-corrected chi connectivity index (χ1v) is 4.59. The van der Waals surface area contributed by atoms with Crippen LogP contribution < -0.4 is 5.73 Å². The smallest absolute Gasteiger partial charge is 0.160 e. The largest absolute Gasteiger partial charge is 0.396 e. The van der Waals surface area contributed by atoms with Crippen LogP contribution in [0.15, 0.2) is 12.1 Å². The summed E-state index contributed by atoms with van der Waals surface area (Å²) in [5.41, 5.74) is 6.48. The van der Waals surface area contributed by atoms with E-state index in [1.54, 1.807) is 6.92 Å². The molecule has 2 nitrogen and oxygen atoms in total. The fraction of sp³-hybridized carbons (Fsp3) is 0.364. The van der Waals surface area contributed by atoms with Crippen LogP contribution in [0.25, 0.3) is 0 Å². The van der Waals surface area contributed by atoms with Crippen molar-refractivity contribution in [1.82, 2.24) is 0 Å². The molecule has 14 heavy (non-hydrogen) atoms. The number of carbonyl (C=O) groups excluding carboxylic acids is 1. The summed E-state index contributed by atoms with van der Waals surface area (Å²) in [6, 6.07) is 2.64. The van der Waals surface area contributed by atoms with Gasteiger partial charge in [-0.2, -0.15) is 0 Å². The third-order valence-corrected chi connectivity index (χ3v) is 1.72. The third-order valence-electron chi connectivity index (χ3n) is 1.72. The highest BCUT2D eigenvalue weighted by Gasteiger charge is 2.07. The molecule has 0 bridgehead atoms. The fourth-order valence-electron chi connectivity index (χ4n) is 1.08. The Morgan fingerprint density at radius 2 is 1.86 bits per heavy atom. The van der Waals surface area contributed by atoms with Crippen molar-refractivity contribution in [3.05, 3.63) is 29.1 Å². The number of hydrogen-bond donors (Lipinski definition) is 1. The second-order valence-corrected chi connectivity index (χ2v) is 2.74. The van der Waals surface area contributed by atoms with Gasteiger partial charge in [-0.05, 0) is 31.5 Å². The highest BCUT2D eigenvalue weighted by Crippen LogP contribution is 2.17. The van der Waals surface area contributed by atoms with Crippen molar-refractivity contribution in [3.8, 4) is 0 Å². The van der Waals surface area contributed by atoms with Crippen molar-refractivity contribution in [2.24, 2.45) is 0 Å². The molecular weight excluding hydrogens is 181 g/mol. The molecule has 0 fully saturated rings. The number of aryl methyl sites for hydroxylation is 1. The van der Waals surface area contributed by atoms with E-state index < -0.39 is 5.82 Å². The van der Waals surface area contributed by atoms with Crippen LogP contribution in [-0.2, 0) is 0 Å². The molecule has 0 radical (unpaired) electrons. The molecule has 1 aromatic rings. The molecule has 0 saturated heterocycles. The van der Waals surface area contributed by atoms with E-state index in [0.29, 0.717) is 11.1 Å². The zero-order chi connectivity index (χ0) is 11.3. The van der Waals surface area contributed by atoms with Crippen LogP contribution in [-0.4, -0.2) is 5.78 Å². The Kier molecular flexibility index (Phi) is 4.84. The summed E-state index contributed by atoms with van der Waals surface area (Å²) in [6.45, 7) is 7.13. The molecule has 78 valence electrons. The Morgan fingerprint density at radius 1 is 1.36 bits per heavy atom. The highest BCUT2D eigenvalue weighted by atomic mass is 19.1. The second kappa shape index (κ2) is 5.37. The van der Waals surface area contributed by atoms with Crippen molar-refractivity contribution in [2.45, 2.75) is 27.7 Å². The summed E-state index contributed by atoms with van der Waals surface area (Å²) in [6.07, 6.45) is 0. The van der Waals surface area contributed by atoms with E-state index in [4.69, 9.17) is 5.73 Å². The number of nitrogen functional groups attached to an aromatic ring is 1. The van der Waals surface area contributed by atoms with E-state index in [1.807, 2.05) is 13.8 Å². The van der Waals surface area contributed by atoms with E-state index in [9.17, 15) is 9.18 Å². The molecule has 0 saturated carbocycles. The minimum Gasteiger partial charge on any atom is -0.396 e. The summed E-state index contributed by atoms with van der Waals surface area (Å²) >= 11 is 0. The average Bonchev–Trinajstić information content (AvgIpc) is 2.14. The summed E-state index contributed by atoms with van der Waals surface area (Å²) in [4.78, 5) is 10.9. The molecule has 0 aliphatic rings. The SMILES string of the molecule is CC.CC(=O)c1cc(F)c(N)cc1C. The van der Waals surface area contributed by atoms with Crippen molar-refractivity contribution in [3.63, 3.8) is 0 Å². The molecule has 0 aliphatic heterocycles. The van der Waals surface area contributed by atoms with Gasteiger partial charge in [0, 0.05) is 5.56 Å². The van der Waals surface area contributed by atoms with Crippen LogP contribution in [0.2, 0.25) is 0 Å². The molecular formula is C11H16FNO. The summed E-state index contributed by atoms with van der Waals surface area (Å²) in [7, 11) is 0. The van der Waals surface area contributed by atoms with Crippen LogP contribution in [0.3, 0.4) is 0 Å². The van der Waals surface area contributed by atoms with E-state index >= 15 is 0 Å². The van der Waals surface area contributed by atoms with E-state index in [2.05, 4.69) is 0 Å². The van der Waals surface area contributed by atoms with Gasteiger partial charge in [-0.15, -0.1) is 0 Å². The van der Waals surface area contributed by atoms with Crippen LogP contribution in [0.1, 0.15) is 36.7 Å². The van der Waals surface area contributed by atoms with Crippen molar-refractivity contribution in [2.75, 3.05) is 5.73 Å². The summed E-state index contributed by atoms with van der Waals surface area (Å²) in [5, 5.41) is 0. The van der Waals surface area contributed by atoms with Crippen LogP contribution in [0.4, 0.5) is 10.1 Å². The molecule has 0 unspecified atom stereocenters. The predicted molar refractivity (Wildman–Crippen MR) is 56.9 cm³/mol. The Labute approximate surface area is 83.9 Å². The maximum absolute atomic E-state index is 12.8. The lowest BCUT2D eigenvalue weighted by Crippen LogP contribution is -2.00. The van der Waals surface area contributed by atoms with Crippen molar-refractivity contribution in [1.29, 1.82) is 0 Å². The number of hydrogen-bond acceptors (Lipinski definition) is 2. The number of nitrogens with two attached hydrogens (primary N) is 1. The van der Waals surface area contributed by atoms with Gasteiger partial charge in [0.05, 0.1) is 5.69 Å². The summed E-state index contributed by atoms with van der Waals surface area (Å²) < 4.78 is 12.8. The molecule has 0 heterocycles. The van der Waals surface area contributed by atoms with E-state index in [-0.39, 0.29) is 11.5 Å². The fourth-order valence-corrected chi connectivity index (χ4v) is 1.08. The summed E-state index contributed by atoms with van der Waals surface area (Å²) in [5.74, 6) is -0.683. The Bertz CT molecular complexity index is 334.